The van der Waals surface area contributed by atoms with Crippen molar-refractivity contribution in [1.29, 1.82) is 0 Å². The van der Waals surface area contributed by atoms with Crippen LogP contribution in [-0.4, -0.2) is 41.6 Å². The molecule has 0 saturated carbocycles. The van der Waals surface area contributed by atoms with Gasteiger partial charge in [-0.25, -0.2) is 16.8 Å². The summed E-state index contributed by atoms with van der Waals surface area (Å²) in [5, 5.41) is 0. The minimum absolute atomic E-state index is 0.160. The molecule has 4 aromatic carbocycles. The second-order valence-electron chi connectivity index (χ2n) is 15.5. The molecule has 0 spiro atoms. The minimum atomic E-state index is -3.19. The third-order valence-corrected chi connectivity index (χ3v) is 14.6. The van der Waals surface area contributed by atoms with E-state index in [1.807, 2.05) is 38.1 Å². The van der Waals surface area contributed by atoms with E-state index in [2.05, 4.69) is 62.4 Å². The number of benzene rings is 4. The molecule has 0 N–H and O–H groups in total. The van der Waals surface area contributed by atoms with Crippen molar-refractivity contribution in [3.8, 4) is 11.5 Å². The highest BCUT2D eigenvalue weighted by Crippen LogP contribution is 2.33. The molecule has 4 rings (SSSR count). The van der Waals surface area contributed by atoms with Crippen molar-refractivity contribution in [1.82, 2.24) is 0 Å². The molecule has 6 nitrogen and oxygen atoms in total. The summed E-state index contributed by atoms with van der Waals surface area (Å²) in [6, 6.07) is 31.4. The van der Waals surface area contributed by atoms with Crippen molar-refractivity contribution >= 4 is 19.7 Å². The van der Waals surface area contributed by atoms with E-state index in [1.54, 1.807) is 24.3 Å². The first-order valence-corrected chi connectivity index (χ1v) is 23.7. The summed E-state index contributed by atoms with van der Waals surface area (Å²) in [6.45, 7) is 9.59. The lowest BCUT2D eigenvalue weighted by atomic mass is 9.78. The maximum absolute atomic E-state index is 12.6. The quantitative estimate of drug-likeness (QED) is 0.0589. The molecule has 0 unspecified atom stereocenters. The zero-order chi connectivity index (χ0) is 39.6. The maximum Gasteiger partial charge on any atom is 0.178 e. The maximum atomic E-state index is 12.6. The average molecular weight is 789 g/mol. The zero-order valence-corrected chi connectivity index (χ0v) is 35.4. The lowest BCUT2D eigenvalue weighted by molar-refractivity contribution is 0.304. The Morgan fingerprint density at radius 3 is 1.07 bits per heavy atom. The molecular formula is C47H64O6S2. The zero-order valence-electron chi connectivity index (χ0n) is 33.7. The summed E-state index contributed by atoms with van der Waals surface area (Å²) < 4.78 is 62.5. The fourth-order valence-electron chi connectivity index (χ4n) is 7.07. The number of rotatable bonds is 26. The molecule has 0 heterocycles. The van der Waals surface area contributed by atoms with Gasteiger partial charge in [0.25, 0.3) is 0 Å². The van der Waals surface area contributed by atoms with Crippen LogP contribution in [0.4, 0.5) is 0 Å². The van der Waals surface area contributed by atoms with Crippen LogP contribution in [0.15, 0.2) is 107 Å². The first-order valence-electron chi connectivity index (χ1n) is 20.4. The van der Waals surface area contributed by atoms with Crippen LogP contribution in [0.1, 0.15) is 126 Å². The van der Waals surface area contributed by atoms with Crippen molar-refractivity contribution < 1.29 is 26.3 Å². The molecule has 8 heteroatoms. The first-order chi connectivity index (χ1) is 26.4. The predicted molar refractivity (Wildman–Crippen MR) is 227 cm³/mol. The Hall–Kier alpha value is -3.62. The van der Waals surface area contributed by atoms with E-state index >= 15 is 0 Å². The van der Waals surface area contributed by atoms with Gasteiger partial charge >= 0.3 is 0 Å². The molecule has 0 aliphatic rings. The van der Waals surface area contributed by atoms with Gasteiger partial charge in [0.2, 0.25) is 0 Å². The fourth-order valence-corrected chi connectivity index (χ4v) is 10.4. The average Bonchev–Trinajstić information content (AvgIpc) is 3.17. The number of aryl methyl sites for hydroxylation is 2. The van der Waals surface area contributed by atoms with Crippen LogP contribution in [0.2, 0.25) is 0 Å². The van der Waals surface area contributed by atoms with Gasteiger partial charge < -0.3 is 9.47 Å². The largest absolute Gasteiger partial charge is 0.494 e. The molecule has 300 valence electrons. The fraction of sp³-hybridized carbons (Fsp3) is 0.489. The summed E-state index contributed by atoms with van der Waals surface area (Å²) in [6.07, 6.45) is 14.2. The van der Waals surface area contributed by atoms with Crippen molar-refractivity contribution in [2.75, 3.05) is 24.7 Å². The molecule has 0 fully saturated rings. The van der Waals surface area contributed by atoms with Crippen LogP contribution in [0, 0.1) is 13.8 Å². The van der Waals surface area contributed by atoms with Gasteiger partial charge in [-0.15, -0.1) is 0 Å². The molecule has 0 aliphatic carbocycles. The van der Waals surface area contributed by atoms with Gasteiger partial charge in [0.05, 0.1) is 34.5 Å². The molecule has 0 aromatic heterocycles. The highest BCUT2D eigenvalue weighted by molar-refractivity contribution is 7.91. The predicted octanol–water partition coefficient (Wildman–Crippen LogP) is 11.8. The van der Waals surface area contributed by atoms with Crippen LogP contribution in [0.3, 0.4) is 0 Å². The number of sulfone groups is 2. The SMILES string of the molecule is Cc1ccccc1S(=O)(=O)CCCCCCCCCOc1ccc(C(C)(C)c2ccc(OCCCCCCCCCS(=O)(=O)c3ccccc3C)cc2)cc1. The van der Waals surface area contributed by atoms with E-state index < -0.39 is 19.7 Å². The summed E-state index contributed by atoms with van der Waals surface area (Å²) in [5.74, 6) is 2.23. The van der Waals surface area contributed by atoms with Gasteiger partial charge in [-0.3, -0.25) is 0 Å². The van der Waals surface area contributed by atoms with Gasteiger partial charge in [0, 0.05) is 5.41 Å². The standard InChI is InChI=1S/C47H64O6S2/c1-39-23-15-17-25-45(39)54(48,49)37-21-13-9-5-7-11-19-35-52-43-31-27-41(28-32-43)47(3,4)42-29-33-44(34-30-42)53-36-20-12-8-6-10-14-22-38-55(50,51)46-26-18-16-24-40(46)2/h15-18,23-34H,5-14,19-22,35-38H2,1-4H3. The van der Waals surface area contributed by atoms with E-state index in [0.717, 1.165) is 99.7 Å². The lowest BCUT2D eigenvalue weighted by Gasteiger charge is -2.26. The van der Waals surface area contributed by atoms with Crippen LogP contribution in [0.5, 0.6) is 11.5 Å². The summed E-state index contributed by atoms with van der Waals surface area (Å²) in [5.41, 5.74) is 3.95. The topological polar surface area (TPSA) is 86.7 Å². The Morgan fingerprint density at radius 1 is 0.418 bits per heavy atom. The third kappa shape index (κ3) is 14.4. The molecule has 0 saturated heterocycles. The van der Waals surface area contributed by atoms with Crippen molar-refractivity contribution in [3.05, 3.63) is 119 Å². The number of unbranched alkanes of at least 4 members (excludes halogenated alkanes) is 12. The Labute approximate surface area is 332 Å². The Kier molecular flexibility index (Phi) is 17.8. The normalized spacial score (nSPS) is 12.1. The van der Waals surface area contributed by atoms with Crippen molar-refractivity contribution in [3.63, 3.8) is 0 Å². The Balaban J connectivity index is 1.03. The minimum Gasteiger partial charge on any atom is -0.494 e. The van der Waals surface area contributed by atoms with Crippen LogP contribution in [-0.2, 0) is 25.1 Å². The van der Waals surface area contributed by atoms with Gasteiger partial charge in [0.1, 0.15) is 11.5 Å². The lowest BCUT2D eigenvalue weighted by Crippen LogP contribution is -2.18. The highest BCUT2D eigenvalue weighted by atomic mass is 32.2. The molecule has 0 radical (unpaired) electrons. The second-order valence-corrected chi connectivity index (χ2v) is 19.6. The van der Waals surface area contributed by atoms with Gasteiger partial charge in [0.15, 0.2) is 19.7 Å². The molecular weight excluding hydrogens is 725 g/mol. The van der Waals surface area contributed by atoms with Gasteiger partial charge in [-0.2, -0.15) is 0 Å². The van der Waals surface area contributed by atoms with Crippen LogP contribution in [0.25, 0.3) is 0 Å². The number of ether oxygens (including phenoxy) is 2. The van der Waals surface area contributed by atoms with E-state index in [9.17, 15) is 16.8 Å². The molecule has 0 atom stereocenters. The molecule has 55 heavy (non-hydrogen) atoms. The van der Waals surface area contributed by atoms with E-state index in [4.69, 9.17) is 9.47 Å². The van der Waals surface area contributed by atoms with Crippen molar-refractivity contribution in [2.24, 2.45) is 0 Å². The summed E-state index contributed by atoms with van der Waals surface area (Å²) in [7, 11) is -6.39. The smallest absolute Gasteiger partial charge is 0.178 e. The first kappa shape index (κ1) is 44.1. The third-order valence-electron chi connectivity index (χ3n) is 10.7. The van der Waals surface area contributed by atoms with Gasteiger partial charge in [-0.05, 0) is 98.2 Å². The van der Waals surface area contributed by atoms with Crippen LogP contribution < -0.4 is 9.47 Å². The van der Waals surface area contributed by atoms with Crippen LogP contribution >= 0.6 is 0 Å². The second kappa shape index (κ2) is 22.2. The van der Waals surface area contributed by atoms with Crippen molar-refractivity contribution in [2.45, 2.75) is 133 Å². The molecule has 0 aliphatic heterocycles. The summed E-state index contributed by atoms with van der Waals surface area (Å²) >= 11 is 0. The number of hydrogen-bond acceptors (Lipinski definition) is 6. The molecule has 4 aromatic rings. The number of hydrogen-bond donors (Lipinski definition) is 0. The highest BCUT2D eigenvalue weighted by Gasteiger charge is 2.23. The van der Waals surface area contributed by atoms with E-state index in [-0.39, 0.29) is 16.9 Å². The monoisotopic (exact) mass is 788 g/mol. The summed E-state index contributed by atoms with van der Waals surface area (Å²) in [4.78, 5) is 0.939. The van der Waals surface area contributed by atoms with Gasteiger partial charge in [-0.1, -0.05) is 139 Å². The Morgan fingerprint density at radius 2 is 0.727 bits per heavy atom. The van der Waals surface area contributed by atoms with E-state index in [1.165, 1.54) is 11.1 Å². The molecule has 0 amide bonds. The van der Waals surface area contributed by atoms with E-state index in [0.29, 0.717) is 35.8 Å². The molecule has 0 bridgehead atoms. The Bertz CT molecular complexity index is 1790.